The third-order valence-corrected chi connectivity index (χ3v) is 4.51. The van der Waals surface area contributed by atoms with Crippen molar-refractivity contribution in [3.63, 3.8) is 0 Å². The molecule has 0 saturated carbocycles. The summed E-state index contributed by atoms with van der Waals surface area (Å²) >= 11 is 0. The number of hydrogen-bond acceptors (Lipinski definition) is 5. The number of fused-ring (bicyclic) bond motifs is 2. The van der Waals surface area contributed by atoms with Crippen molar-refractivity contribution in [2.45, 2.75) is 45.4 Å². The van der Waals surface area contributed by atoms with Gasteiger partial charge < -0.3 is 20.3 Å². The first-order chi connectivity index (χ1) is 10.3. The highest BCUT2D eigenvalue weighted by molar-refractivity contribution is 5.70. The number of nitrogen functional groups attached to an aromatic ring is 1. The van der Waals surface area contributed by atoms with Crippen molar-refractivity contribution in [2.24, 2.45) is 5.92 Å². The van der Waals surface area contributed by atoms with Crippen LogP contribution in [0.2, 0.25) is 0 Å². The molecule has 0 spiro atoms. The summed E-state index contributed by atoms with van der Waals surface area (Å²) in [5.74, 6) is 0.946. The summed E-state index contributed by atoms with van der Waals surface area (Å²) < 4.78 is 5.52. The number of likely N-dealkylation sites (tertiary alicyclic amines) is 1. The lowest BCUT2D eigenvalue weighted by Gasteiger charge is -2.36. The number of anilines is 2. The standard InChI is InChI=1S/C16H24N4O2/c1-10-12-9-20(15(21)22-16(2,3)4)13(10)8-19(12)11-5-6-14(17)18-7-11/h5-7,10,12-13H,8-9H2,1-4H3,(H2,17,18). The van der Waals surface area contributed by atoms with E-state index in [4.69, 9.17) is 10.5 Å². The molecular formula is C16H24N4O2. The van der Waals surface area contributed by atoms with Gasteiger partial charge in [-0.2, -0.15) is 0 Å². The topological polar surface area (TPSA) is 71.7 Å². The number of ether oxygens (including phenoxy) is 1. The summed E-state index contributed by atoms with van der Waals surface area (Å²) in [4.78, 5) is 20.7. The Morgan fingerprint density at radius 2 is 2.05 bits per heavy atom. The Labute approximate surface area is 131 Å². The highest BCUT2D eigenvalue weighted by Gasteiger charge is 2.51. The largest absolute Gasteiger partial charge is 0.444 e. The average molecular weight is 304 g/mol. The van der Waals surface area contributed by atoms with Gasteiger partial charge in [0, 0.05) is 19.0 Å². The molecule has 2 saturated heterocycles. The Kier molecular flexibility index (Phi) is 3.42. The molecule has 2 aliphatic heterocycles. The van der Waals surface area contributed by atoms with Crippen LogP contribution in [0.15, 0.2) is 18.3 Å². The van der Waals surface area contributed by atoms with Gasteiger partial charge in [0.25, 0.3) is 0 Å². The molecule has 0 aliphatic carbocycles. The summed E-state index contributed by atoms with van der Waals surface area (Å²) in [5.41, 5.74) is 6.26. The van der Waals surface area contributed by atoms with Gasteiger partial charge in [-0.1, -0.05) is 6.92 Å². The smallest absolute Gasteiger partial charge is 0.410 e. The first-order valence-electron chi connectivity index (χ1n) is 7.74. The molecule has 1 amide bonds. The van der Waals surface area contributed by atoms with E-state index in [0.717, 1.165) is 12.2 Å². The fraction of sp³-hybridized carbons (Fsp3) is 0.625. The minimum atomic E-state index is -0.456. The molecular weight excluding hydrogens is 280 g/mol. The zero-order valence-electron chi connectivity index (χ0n) is 13.6. The summed E-state index contributed by atoms with van der Waals surface area (Å²) in [7, 11) is 0. The van der Waals surface area contributed by atoms with E-state index in [0.29, 0.717) is 24.3 Å². The lowest BCUT2D eigenvalue weighted by molar-refractivity contribution is 0.0204. The first-order valence-corrected chi connectivity index (χ1v) is 7.74. The molecule has 3 atom stereocenters. The summed E-state index contributed by atoms with van der Waals surface area (Å²) in [6, 6.07) is 4.31. The number of pyridine rings is 1. The lowest BCUT2D eigenvalue weighted by atomic mass is 10.0. The predicted octanol–water partition coefficient (Wildman–Crippen LogP) is 2.11. The Hall–Kier alpha value is -1.98. The van der Waals surface area contributed by atoms with Crippen molar-refractivity contribution in [1.82, 2.24) is 9.88 Å². The monoisotopic (exact) mass is 304 g/mol. The fourth-order valence-electron chi connectivity index (χ4n) is 3.42. The fourth-order valence-corrected chi connectivity index (χ4v) is 3.42. The lowest BCUT2D eigenvalue weighted by Crippen LogP contribution is -2.50. The van der Waals surface area contributed by atoms with Gasteiger partial charge in [0.05, 0.1) is 24.0 Å². The van der Waals surface area contributed by atoms with Crippen molar-refractivity contribution in [3.8, 4) is 0 Å². The van der Waals surface area contributed by atoms with Gasteiger partial charge >= 0.3 is 6.09 Å². The highest BCUT2D eigenvalue weighted by atomic mass is 16.6. The maximum Gasteiger partial charge on any atom is 0.410 e. The Bertz CT molecular complexity index is 567. The summed E-state index contributed by atoms with van der Waals surface area (Å²) in [5, 5.41) is 0. The molecule has 0 aromatic carbocycles. The van der Waals surface area contributed by atoms with Crippen molar-refractivity contribution in [3.05, 3.63) is 18.3 Å². The normalized spacial score (nSPS) is 27.4. The summed E-state index contributed by atoms with van der Waals surface area (Å²) in [6.45, 7) is 9.41. The second-order valence-electron chi connectivity index (χ2n) is 7.22. The Balaban J connectivity index is 1.73. The van der Waals surface area contributed by atoms with Gasteiger partial charge in [0.15, 0.2) is 0 Å². The molecule has 2 bridgehead atoms. The van der Waals surface area contributed by atoms with E-state index >= 15 is 0 Å². The first kappa shape index (κ1) is 14.9. The summed E-state index contributed by atoms with van der Waals surface area (Å²) in [6.07, 6.45) is 1.60. The number of amides is 1. The van der Waals surface area contributed by atoms with Crippen molar-refractivity contribution < 1.29 is 9.53 Å². The van der Waals surface area contributed by atoms with E-state index in [1.807, 2.05) is 37.8 Å². The van der Waals surface area contributed by atoms with Crippen LogP contribution in [-0.2, 0) is 4.74 Å². The molecule has 0 radical (unpaired) electrons. The van der Waals surface area contributed by atoms with Crippen molar-refractivity contribution in [2.75, 3.05) is 23.7 Å². The SMILES string of the molecule is CC1C2CN(c3ccc(N)nc3)C1CN2C(=O)OC(C)(C)C. The van der Waals surface area contributed by atoms with E-state index in [1.165, 1.54) is 0 Å². The van der Waals surface area contributed by atoms with E-state index in [1.54, 1.807) is 6.20 Å². The van der Waals surface area contributed by atoms with Gasteiger partial charge in [-0.25, -0.2) is 9.78 Å². The van der Waals surface area contributed by atoms with Crippen molar-refractivity contribution >= 4 is 17.6 Å². The average Bonchev–Trinajstić information content (AvgIpc) is 2.91. The third-order valence-electron chi connectivity index (χ3n) is 4.51. The van der Waals surface area contributed by atoms with Crippen LogP contribution in [0.3, 0.4) is 0 Å². The molecule has 3 unspecified atom stereocenters. The van der Waals surface area contributed by atoms with E-state index in [9.17, 15) is 4.79 Å². The maximum atomic E-state index is 12.3. The van der Waals surface area contributed by atoms with Gasteiger partial charge in [-0.15, -0.1) is 0 Å². The highest BCUT2D eigenvalue weighted by Crippen LogP contribution is 2.39. The molecule has 6 heteroatoms. The van der Waals surface area contributed by atoms with Crippen LogP contribution >= 0.6 is 0 Å². The molecule has 1 aromatic heterocycles. The van der Waals surface area contributed by atoms with E-state index in [2.05, 4.69) is 16.8 Å². The molecule has 22 heavy (non-hydrogen) atoms. The Morgan fingerprint density at radius 1 is 1.32 bits per heavy atom. The second-order valence-corrected chi connectivity index (χ2v) is 7.22. The molecule has 2 aliphatic rings. The number of aromatic nitrogens is 1. The minimum Gasteiger partial charge on any atom is -0.444 e. The van der Waals surface area contributed by atoms with Gasteiger partial charge in [-0.3, -0.25) is 0 Å². The number of nitrogens with two attached hydrogens (primary N) is 1. The number of carbonyl (C=O) groups is 1. The van der Waals surface area contributed by atoms with Crippen LogP contribution in [-0.4, -0.2) is 46.8 Å². The maximum absolute atomic E-state index is 12.3. The van der Waals surface area contributed by atoms with Crippen LogP contribution in [0, 0.1) is 5.92 Å². The quantitative estimate of drug-likeness (QED) is 0.860. The number of carbonyl (C=O) groups excluding carboxylic acids is 1. The predicted molar refractivity (Wildman–Crippen MR) is 85.7 cm³/mol. The van der Waals surface area contributed by atoms with Gasteiger partial charge in [-0.05, 0) is 32.9 Å². The molecule has 3 heterocycles. The molecule has 6 nitrogen and oxygen atoms in total. The molecule has 2 N–H and O–H groups in total. The van der Waals surface area contributed by atoms with Crippen molar-refractivity contribution in [1.29, 1.82) is 0 Å². The van der Waals surface area contributed by atoms with Crippen LogP contribution < -0.4 is 10.6 Å². The third kappa shape index (κ3) is 2.58. The molecule has 2 fully saturated rings. The van der Waals surface area contributed by atoms with Crippen LogP contribution in [0.25, 0.3) is 0 Å². The molecule has 1 aromatic rings. The van der Waals surface area contributed by atoms with E-state index in [-0.39, 0.29) is 12.1 Å². The minimum absolute atomic E-state index is 0.192. The zero-order chi connectivity index (χ0) is 16.1. The Morgan fingerprint density at radius 3 is 2.55 bits per heavy atom. The molecule has 120 valence electrons. The number of rotatable bonds is 1. The number of nitrogens with zero attached hydrogens (tertiary/aromatic N) is 3. The van der Waals surface area contributed by atoms with Gasteiger partial charge in [0.2, 0.25) is 0 Å². The number of piperazine rings is 1. The van der Waals surface area contributed by atoms with Crippen LogP contribution in [0.1, 0.15) is 27.7 Å². The van der Waals surface area contributed by atoms with Gasteiger partial charge in [0.1, 0.15) is 11.4 Å². The zero-order valence-corrected chi connectivity index (χ0v) is 13.6. The second kappa shape index (κ2) is 5.04. The molecule has 3 rings (SSSR count). The van der Waals surface area contributed by atoms with Crippen LogP contribution in [0.5, 0.6) is 0 Å². The van der Waals surface area contributed by atoms with Crippen LogP contribution in [0.4, 0.5) is 16.3 Å². The number of hydrogen-bond donors (Lipinski definition) is 1. The van der Waals surface area contributed by atoms with E-state index < -0.39 is 5.60 Å².